The van der Waals surface area contributed by atoms with Crippen LogP contribution in [0.1, 0.15) is 29.7 Å². The normalized spacial score (nSPS) is 12.3. The third-order valence-corrected chi connectivity index (χ3v) is 3.61. The fourth-order valence-corrected chi connectivity index (χ4v) is 2.37. The zero-order chi connectivity index (χ0) is 14.0. The fourth-order valence-electron chi connectivity index (χ4n) is 1.89. The molecule has 1 N–H and O–H groups in total. The van der Waals surface area contributed by atoms with E-state index in [2.05, 4.69) is 28.9 Å². The highest BCUT2D eigenvalue weighted by Gasteiger charge is 2.08. The molecular weight excluding hydrogens is 304 g/mol. The van der Waals surface area contributed by atoms with Crippen LogP contribution >= 0.6 is 15.9 Å². The largest absolute Gasteiger partial charge is 0.456 e. The van der Waals surface area contributed by atoms with Crippen molar-refractivity contribution in [3.63, 3.8) is 0 Å². The molecule has 2 aromatic rings. The van der Waals surface area contributed by atoms with E-state index in [9.17, 15) is 5.11 Å². The predicted octanol–water partition coefficient (Wildman–Crippen LogP) is 4.91. The van der Waals surface area contributed by atoms with Crippen molar-refractivity contribution in [1.29, 1.82) is 0 Å². The molecule has 0 bridgehead atoms. The Bertz CT molecular complexity index is 591. The second-order valence-electron chi connectivity index (χ2n) is 4.74. The first kappa shape index (κ1) is 14.1. The van der Waals surface area contributed by atoms with Gasteiger partial charge in [0.15, 0.2) is 0 Å². The summed E-state index contributed by atoms with van der Waals surface area (Å²) in [5.74, 6) is 1.59. The topological polar surface area (TPSA) is 29.5 Å². The van der Waals surface area contributed by atoms with Crippen molar-refractivity contribution in [3.8, 4) is 11.5 Å². The van der Waals surface area contributed by atoms with E-state index < -0.39 is 6.10 Å². The second-order valence-corrected chi connectivity index (χ2v) is 5.59. The molecule has 0 saturated heterocycles. The third kappa shape index (κ3) is 3.37. The summed E-state index contributed by atoms with van der Waals surface area (Å²) >= 11 is 3.48. The van der Waals surface area contributed by atoms with Crippen LogP contribution in [0.5, 0.6) is 11.5 Å². The van der Waals surface area contributed by atoms with E-state index in [1.807, 2.05) is 37.3 Å². The Morgan fingerprint density at radius 2 is 1.74 bits per heavy atom. The number of aliphatic hydroxyl groups is 1. The molecule has 0 radical (unpaired) electrons. The summed E-state index contributed by atoms with van der Waals surface area (Å²) in [7, 11) is 0. The van der Waals surface area contributed by atoms with Crippen molar-refractivity contribution in [2.24, 2.45) is 0 Å². The van der Waals surface area contributed by atoms with Gasteiger partial charge in [-0.25, -0.2) is 0 Å². The van der Waals surface area contributed by atoms with Gasteiger partial charge in [0.1, 0.15) is 11.5 Å². The summed E-state index contributed by atoms with van der Waals surface area (Å²) in [6.45, 7) is 5.83. The molecule has 1 atom stereocenters. The lowest BCUT2D eigenvalue weighted by Gasteiger charge is -2.12. The Balaban J connectivity index is 2.28. The van der Waals surface area contributed by atoms with Crippen LogP contribution in [0.4, 0.5) is 0 Å². The highest BCUT2D eigenvalue weighted by Crippen LogP contribution is 2.33. The molecule has 0 aromatic heterocycles. The van der Waals surface area contributed by atoms with Crippen LogP contribution in [0.3, 0.4) is 0 Å². The van der Waals surface area contributed by atoms with Crippen molar-refractivity contribution < 1.29 is 9.84 Å². The van der Waals surface area contributed by atoms with Gasteiger partial charge in [-0.2, -0.15) is 0 Å². The highest BCUT2D eigenvalue weighted by molar-refractivity contribution is 9.10. The lowest BCUT2D eigenvalue weighted by Crippen LogP contribution is -1.93. The molecule has 0 unspecified atom stereocenters. The van der Waals surface area contributed by atoms with Crippen LogP contribution in [0.15, 0.2) is 40.9 Å². The summed E-state index contributed by atoms with van der Waals surface area (Å²) in [5.41, 5.74) is 3.18. The minimum absolute atomic E-state index is 0.480. The van der Waals surface area contributed by atoms with E-state index >= 15 is 0 Å². The molecule has 2 nitrogen and oxygen atoms in total. The summed E-state index contributed by atoms with van der Waals surface area (Å²) in [6, 6.07) is 11.7. The van der Waals surface area contributed by atoms with E-state index in [1.54, 1.807) is 6.92 Å². The minimum Gasteiger partial charge on any atom is -0.456 e. The SMILES string of the molecule is Cc1ccc(Oc2ccc([C@H](C)O)cc2Br)c(C)c1. The van der Waals surface area contributed by atoms with Crippen LogP contribution in [0.25, 0.3) is 0 Å². The molecule has 0 amide bonds. The van der Waals surface area contributed by atoms with Crippen LogP contribution in [0.2, 0.25) is 0 Å². The molecule has 3 heteroatoms. The van der Waals surface area contributed by atoms with Crippen molar-refractivity contribution in [2.75, 3.05) is 0 Å². The van der Waals surface area contributed by atoms with Gasteiger partial charge >= 0.3 is 0 Å². The summed E-state index contributed by atoms with van der Waals surface area (Å²) < 4.78 is 6.74. The number of ether oxygens (including phenoxy) is 1. The Hall–Kier alpha value is -1.32. The molecule has 0 spiro atoms. The highest BCUT2D eigenvalue weighted by atomic mass is 79.9. The number of rotatable bonds is 3. The van der Waals surface area contributed by atoms with Gasteiger partial charge in [0.2, 0.25) is 0 Å². The number of benzene rings is 2. The zero-order valence-electron chi connectivity index (χ0n) is 11.3. The summed E-state index contributed by atoms with van der Waals surface area (Å²) in [6.07, 6.45) is -0.480. The quantitative estimate of drug-likeness (QED) is 0.870. The van der Waals surface area contributed by atoms with Crippen LogP contribution in [-0.2, 0) is 0 Å². The van der Waals surface area contributed by atoms with Gasteiger partial charge in [0.05, 0.1) is 10.6 Å². The summed E-state index contributed by atoms with van der Waals surface area (Å²) in [5, 5.41) is 9.54. The molecule has 0 saturated carbocycles. The average molecular weight is 321 g/mol. The number of aliphatic hydroxyl groups excluding tert-OH is 1. The maximum absolute atomic E-state index is 9.54. The van der Waals surface area contributed by atoms with Crippen LogP contribution < -0.4 is 4.74 Å². The van der Waals surface area contributed by atoms with Crippen LogP contribution in [-0.4, -0.2) is 5.11 Å². The van der Waals surface area contributed by atoms with Gasteiger partial charge in [-0.15, -0.1) is 0 Å². The lowest BCUT2D eigenvalue weighted by atomic mass is 10.1. The van der Waals surface area contributed by atoms with E-state index in [4.69, 9.17) is 4.74 Å². The number of hydrogen-bond donors (Lipinski definition) is 1. The molecule has 0 fully saturated rings. The van der Waals surface area contributed by atoms with Gasteiger partial charge in [-0.3, -0.25) is 0 Å². The molecule has 0 heterocycles. The molecule has 19 heavy (non-hydrogen) atoms. The monoisotopic (exact) mass is 320 g/mol. The molecule has 2 aromatic carbocycles. The second kappa shape index (κ2) is 5.76. The first-order chi connectivity index (χ1) is 8.97. The van der Waals surface area contributed by atoms with E-state index in [0.717, 1.165) is 27.1 Å². The minimum atomic E-state index is -0.480. The van der Waals surface area contributed by atoms with E-state index in [1.165, 1.54) is 5.56 Å². The standard InChI is InChI=1S/C16H17BrO2/c1-10-4-6-15(11(2)8-10)19-16-7-5-13(12(3)18)9-14(16)17/h4-9,12,18H,1-3H3/t12-/m0/s1. The van der Waals surface area contributed by atoms with Gasteiger partial charge in [0.25, 0.3) is 0 Å². The Morgan fingerprint density at radius 3 is 2.32 bits per heavy atom. The van der Waals surface area contributed by atoms with Crippen molar-refractivity contribution in [1.82, 2.24) is 0 Å². The average Bonchev–Trinajstić information content (AvgIpc) is 2.34. The van der Waals surface area contributed by atoms with E-state index in [-0.39, 0.29) is 0 Å². The van der Waals surface area contributed by atoms with Crippen LogP contribution in [0, 0.1) is 13.8 Å². The number of halogens is 1. The van der Waals surface area contributed by atoms with Crippen molar-refractivity contribution >= 4 is 15.9 Å². The molecule has 0 aliphatic carbocycles. The summed E-state index contributed by atoms with van der Waals surface area (Å²) in [4.78, 5) is 0. The Morgan fingerprint density at radius 1 is 1.05 bits per heavy atom. The first-order valence-corrected chi connectivity index (χ1v) is 6.99. The third-order valence-electron chi connectivity index (χ3n) is 2.99. The number of aryl methyl sites for hydroxylation is 2. The number of hydrogen-bond acceptors (Lipinski definition) is 2. The van der Waals surface area contributed by atoms with E-state index in [0.29, 0.717) is 0 Å². The maximum Gasteiger partial charge on any atom is 0.141 e. The van der Waals surface area contributed by atoms with Gasteiger partial charge < -0.3 is 9.84 Å². The fraction of sp³-hybridized carbons (Fsp3) is 0.250. The maximum atomic E-state index is 9.54. The predicted molar refractivity (Wildman–Crippen MR) is 80.8 cm³/mol. The molecule has 2 rings (SSSR count). The van der Waals surface area contributed by atoms with Crippen molar-refractivity contribution in [2.45, 2.75) is 26.9 Å². The van der Waals surface area contributed by atoms with Crippen molar-refractivity contribution in [3.05, 3.63) is 57.6 Å². The first-order valence-electron chi connectivity index (χ1n) is 6.20. The molecular formula is C16H17BrO2. The van der Waals surface area contributed by atoms with Gasteiger partial charge in [0, 0.05) is 0 Å². The van der Waals surface area contributed by atoms with Gasteiger partial charge in [-0.05, 0) is 66.0 Å². The lowest BCUT2D eigenvalue weighted by molar-refractivity contribution is 0.199. The molecule has 0 aliphatic rings. The Kier molecular flexibility index (Phi) is 4.27. The van der Waals surface area contributed by atoms with Gasteiger partial charge in [-0.1, -0.05) is 23.8 Å². The molecule has 100 valence electrons. The smallest absolute Gasteiger partial charge is 0.141 e. The molecule has 0 aliphatic heterocycles. The Labute approximate surface area is 122 Å². The zero-order valence-corrected chi connectivity index (χ0v) is 12.9.